The lowest BCUT2D eigenvalue weighted by Crippen LogP contribution is -2.44. The number of thioether (sulfide) groups is 1. The lowest BCUT2D eigenvalue weighted by atomic mass is 10.4. The van der Waals surface area contributed by atoms with Crippen molar-refractivity contribution in [3.05, 3.63) is 0 Å². The first-order chi connectivity index (χ1) is 10.4. The van der Waals surface area contributed by atoms with Crippen LogP contribution in [0.3, 0.4) is 0 Å². The summed E-state index contributed by atoms with van der Waals surface area (Å²) >= 11 is 1.51. The highest BCUT2D eigenvalue weighted by molar-refractivity contribution is 7.98. The molecule has 0 aromatic heterocycles. The minimum atomic E-state index is -0.964. The second-order valence-electron chi connectivity index (χ2n) is 5.30. The SMILES string of the molecule is CCOCC[N+](C)(C)CCOCCOC.CSCCC(=O)[O-]. The summed E-state index contributed by atoms with van der Waals surface area (Å²) in [6.45, 7) is 7.81. The molecule has 0 aromatic carbocycles. The fraction of sp³-hybridized carbons (Fsp3) is 0.933. The number of aliphatic carboxylic acids is 1. The topological polar surface area (TPSA) is 67.8 Å². The average Bonchev–Trinajstić information content (AvgIpc) is 2.45. The number of carboxylic acids is 1. The Kier molecular flexibility index (Phi) is 18.5. The van der Waals surface area contributed by atoms with E-state index in [2.05, 4.69) is 14.1 Å². The molecule has 0 heterocycles. The first kappa shape index (κ1) is 23.9. The second-order valence-corrected chi connectivity index (χ2v) is 6.29. The molecule has 0 spiro atoms. The van der Waals surface area contributed by atoms with E-state index in [-0.39, 0.29) is 6.42 Å². The highest BCUT2D eigenvalue weighted by atomic mass is 32.2. The van der Waals surface area contributed by atoms with E-state index in [9.17, 15) is 9.90 Å². The van der Waals surface area contributed by atoms with Crippen molar-refractivity contribution >= 4 is 17.7 Å². The predicted molar refractivity (Wildman–Crippen MR) is 89.0 cm³/mol. The van der Waals surface area contributed by atoms with Crippen molar-refractivity contribution in [3.8, 4) is 0 Å². The second kappa shape index (κ2) is 17.0. The van der Waals surface area contributed by atoms with E-state index in [1.807, 2.05) is 13.2 Å². The van der Waals surface area contributed by atoms with Gasteiger partial charge in [-0.1, -0.05) is 0 Å². The van der Waals surface area contributed by atoms with Crippen LogP contribution in [0.25, 0.3) is 0 Å². The Morgan fingerprint density at radius 3 is 2.09 bits per heavy atom. The molecule has 0 atom stereocenters. The molecule has 0 unspecified atom stereocenters. The van der Waals surface area contributed by atoms with E-state index in [4.69, 9.17) is 14.2 Å². The average molecular weight is 339 g/mol. The summed E-state index contributed by atoms with van der Waals surface area (Å²) in [7, 11) is 6.07. The summed E-state index contributed by atoms with van der Waals surface area (Å²) in [5.74, 6) is -0.308. The minimum Gasteiger partial charge on any atom is -0.550 e. The first-order valence-corrected chi connectivity index (χ1v) is 8.94. The molecule has 0 amide bonds. The summed E-state index contributed by atoms with van der Waals surface area (Å²) in [4.78, 5) is 9.63. The molecule has 7 heteroatoms. The number of quaternary nitrogens is 1. The number of carbonyl (C=O) groups is 1. The van der Waals surface area contributed by atoms with Crippen molar-refractivity contribution in [1.29, 1.82) is 0 Å². The zero-order chi connectivity index (χ0) is 17.3. The van der Waals surface area contributed by atoms with Gasteiger partial charge in [0.1, 0.15) is 13.1 Å². The zero-order valence-corrected chi connectivity index (χ0v) is 15.6. The Labute approximate surface area is 139 Å². The molecular formula is C15H33NO5S. The third-order valence-corrected chi connectivity index (χ3v) is 3.44. The number of methoxy groups -OCH3 is 1. The summed E-state index contributed by atoms with van der Waals surface area (Å²) in [6.07, 6.45) is 2.03. The highest BCUT2D eigenvalue weighted by Crippen LogP contribution is 1.96. The first-order valence-electron chi connectivity index (χ1n) is 7.54. The molecule has 0 rings (SSSR count). The number of carbonyl (C=O) groups excluding carboxylic acids is 1. The van der Waals surface area contributed by atoms with Gasteiger partial charge in [0.25, 0.3) is 0 Å². The van der Waals surface area contributed by atoms with Gasteiger partial charge < -0.3 is 28.6 Å². The molecule has 22 heavy (non-hydrogen) atoms. The number of hydrogen-bond acceptors (Lipinski definition) is 6. The molecule has 0 saturated heterocycles. The highest BCUT2D eigenvalue weighted by Gasteiger charge is 2.13. The van der Waals surface area contributed by atoms with Gasteiger partial charge in [-0.3, -0.25) is 0 Å². The van der Waals surface area contributed by atoms with Gasteiger partial charge in [0.15, 0.2) is 0 Å². The molecule has 134 valence electrons. The Balaban J connectivity index is 0. The molecule has 0 aliphatic carbocycles. The van der Waals surface area contributed by atoms with Crippen LogP contribution in [0.5, 0.6) is 0 Å². The smallest absolute Gasteiger partial charge is 0.102 e. The van der Waals surface area contributed by atoms with Crippen LogP contribution in [0.2, 0.25) is 0 Å². The van der Waals surface area contributed by atoms with Gasteiger partial charge in [-0.05, 0) is 25.4 Å². The maximum atomic E-state index is 9.63. The Morgan fingerprint density at radius 1 is 1.09 bits per heavy atom. The van der Waals surface area contributed by atoms with Gasteiger partial charge >= 0.3 is 0 Å². The fourth-order valence-corrected chi connectivity index (χ4v) is 1.68. The quantitative estimate of drug-likeness (QED) is 0.354. The van der Waals surface area contributed by atoms with Crippen molar-refractivity contribution in [2.75, 3.05) is 79.3 Å². The maximum absolute atomic E-state index is 9.63. The lowest BCUT2D eigenvalue weighted by Gasteiger charge is -2.29. The van der Waals surface area contributed by atoms with Crippen molar-refractivity contribution in [2.24, 2.45) is 0 Å². The van der Waals surface area contributed by atoms with Crippen LogP contribution < -0.4 is 5.11 Å². The Bertz CT molecular complexity index is 252. The van der Waals surface area contributed by atoms with Crippen LogP contribution in [0, 0.1) is 0 Å². The summed E-state index contributed by atoms with van der Waals surface area (Å²) in [6, 6.07) is 0. The van der Waals surface area contributed by atoms with Gasteiger partial charge in [0, 0.05) is 19.7 Å². The monoisotopic (exact) mass is 339 g/mol. The number of carboxylic acid groups (broad SMARTS) is 1. The van der Waals surface area contributed by atoms with E-state index < -0.39 is 5.97 Å². The van der Waals surface area contributed by atoms with Crippen molar-refractivity contribution < 1.29 is 28.6 Å². The van der Waals surface area contributed by atoms with Gasteiger partial charge in [0.2, 0.25) is 0 Å². The normalized spacial score (nSPS) is 11.0. The summed E-state index contributed by atoms with van der Waals surface area (Å²) < 4.78 is 16.6. The zero-order valence-electron chi connectivity index (χ0n) is 14.8. The number of rotatable bonds is 13. The number of hydrogen-bond donors (Lipinski definition) is 0. The number of ether oxygens (including phenoxy) is 3. The predicted octanol–water partition coefficient (Wildman–Crippen LogP) is 0.252. The molecule has 0 aromatic rings. The molecule has 0 N–H and O–H groups in total. The molecule has 6 nitrogen and oxygen atoms in total. The van der Waals surface area contributed by atoms with Crippen LogP contribution in [0.15, 0.2) is 0 Å². The fourth-order valence-electron chi connectivity index (χ4n) is 1.31. The summed E-state index contributed by atoms with van der Waals surface area (Å²) in [5, 5.41) is 9.63. The van der Waals surface area contributed by atoms with Gasteiger partial charge in [0.05, 0.1) is 40.5 Å². The Hall–Kier alpha value is -0.340. The van der Waals surface area contributed by atoms with Crippen molar-refractivity contribution in [1.82, 2.24) is 0 Å². The minimum absolute atomic E-state index is 0.168. The molecule has 0 aliphatic rings. The van der Waals surface area contributed by atoms with Crippen LogP contribution in [0.4, 0.5) is 0 Å². The Morgan fingerprint density at radius 2 is 1.68 bits per heavy atom. The largest absolute Gasteiger partial charge is 0.550 e. The van der Waals surface area contributed by atoms with Crippen LogP contribution in [-0.4, -0.2) is 89.8 Å². The maximum Gasteiger partial charge on any atom is 0.102 e. The van der Waals surface area contributed by atoms with Crippen LogP contribution in [-0.2, 0) is 19.0 Å². The van der Waals surface area contributed by atoms with Gasteiger partial charge in [-0.25, -0.2) is 0 Å². The van der Waals surface area contributed by atoms with Crippen molar-refractivity contribution in [2.45, 2.75) is 13.3 Å². The van der Waals surface area contributed by atoms with E-state index in [0.717, 1.165) is 37.4 Å². The third-order valence-electron chi connectivity index (χ3n) is 2.83. The molecule has 0 bridgehead atoms. The van der Waals surface area contributed by atoms with E-state index in [1.165, 1.54) is 11.8 Å². The standard InChI is InChI=1S/C11H26NO3.C4H8O2S/c1-5-14-8-6-12(2,3)7-9-15-11-10-13-4;1-7-3-2-4(5)6/h5-11H2,1-4H3;2-3H2,1H3,(H,5,6)/q+1;/p-1. The lowest BCUT2D eigenvalue weighted by molar-refractivity contribution is -0.891. The van der Waals surface area contributed by atoms with E-state index in [0.29, 0.717) is 19.0 Å². The number of likely N-dealkylation sites (N-methyl/N-ethyl adjacent to an activating group) is 1. The van der Waals surface area contributed by atoms with E-state index >= 15 is 0 Å². The van der Waals surface area contributed by atoms with E-state index in [1.54, 1.807) is 7.11 Å². The molecular weight excluding hydrogens is 306 g/mol. The molecule has 0 saturated carbocycles. The third kappa shape index (κ3) is 21.9. The molecule has 0 aliphatic heterocycles. The summed E-state index contributed by atoms with van der Waals surface area (Å²) in [5.41, 5.74) is 0. The molecule has 0 fully saturated rings. The van der Waals surface area contributed by atoms with Crippen molar-refractivity contribution in [3.63, 3.8) is 0 Å². The van der Waals surface area contributed by atoms with Gasteiger partial charge in [-0.2, -0.15) is 11.8 Å². The molecule has 0 radical (unpaired) electrons. The number of nitrogens with zero attached hydrogens (tertiary/aromatic N) is 1. The van der Waals surface area contributed by atoms with Gasteiger partial charge in [-0.15, -0.1) is 0 Å². The van der Waals surface area contributed by atoms with Crippen LogP contribution >= 0.6 is 11.8 Å². The van der Waals surface area contributed by atoms with Crippen LogP contribution in [0.1, 0.15) is 13.3 Å².